The summed E-state index contributed by atoms with van der Waals surface area (Å²) in [5.41, 5.74) is 1.67. The molecule has 2 N–H and O–H groups in total. The van der Waals surface area contributed by atoms with Crippen molar-refractivity contribution in [2.75, 3.05) is 10.6 Å². The number of carbonyl (C=O) groups is 1. The minimum atomic E-state index is -4.60. The first-order chi connectivity index (χ1) is 16.7. The van der Waals surface area contributed by atoms with E-state index in [0.717, 1.165) is 45.3 Å². The third kappa shape index (κ3) is 4.43. The van der Waals surface area contributed by atoms with Gasteiger partial charge in [0.1, 0.15) is 21.9 Å². The summed E-state index contributed by atoms with van der Waals surface area (Å²) >= 11 is 11.1. The van der Waals surface area contributed by atoms with Gasteiger partial charge < -0.3 is 10.6 Å². The third-order valence-corrected chi connectivity index (χ3v) is 8.39. The maximum absolute atomic E-state index is 14.0. The van der Waals surface area contributed by atoms with E-state index in [-0.39, 0.29) is 23.0 Å². The molecule has 1 aliphatic heterocycles. The number of hydrogen-bond acceptors (Lipinski definition) is 5. The van der Waals surface area contributed by atoms with Gasteiger partial charge >= 0.3 is 6.18 Å². The largest absolute Gasteiger partial charge is 0.410 e. The van der Waals surface area contributed by atoms with Gasteiger partial charge in [-0.15, -0.1) is 11.3 Å². The van der Waals surface area contributed by atoms with Crippen LogP contribution in [0.3, 0.4) is 0 Å². The smallest absolute Gasteiger partial charge is 0.362 e. The van der Waals surface area contributed by atoms with Gasteiger partial charge in [0.05, 0.1) is 11.6 Å². The van der Waals surface area contributed by atoms with Gasteiger partial charge in [0.15, 0.2) is 11.7 Å². The Bertz CT molecular complexity index is 1350. The van der Waals surface area contributed by atoms with E-state index in [4.69, 9.17) is 11.6 Å². The number of amides is 1. The van der Waals surface area contributed by atoms with Crippen molar-refractivity contribution in [1.82, 2.24) is 9.78 Å². The highest BCUT2D eigenvalue weighted by Gasteiger charge is 2.48. The molecule has 182 valence electrons. The second-order valence-corrected chi connectivity index (χ2v) is 10.9. The molecule has 0 unspecified atom stereocenters. The number of carbonyl (C=O) groups excluding carboxylic acids is 1. The number of halogens is 5. The highest BCUT2D eigenvalue weighted by molar-refractivity contribution is 9.10. The average molecular weight is 585 g/mol. The van der Waals surface area contributed by atoms with Gasteiger partial charge in [0, 0.05) is 15.8 Å². The molecule has 5 rings (SSSR count). The Balaban J connectivity index is 1.49. The van der Waals surface area contributed by atoms with Gasteiger partial charge in [-0.1, -0.05) is 39.7 Å². The van der Waals surface area contributed by atoms with Crippen LogP contribution in [0.5, 0.6) is 0 Å². The van der Waals surface area contributed by atoms with Crippen LogP contribution in [-0.2, 0) is 12.8 Å². The number of nitriles is 1. The molecule has 0 radical (unpaired) electrons. The van der Waals surface area contributed by atoms with E-state index in [1.165, 1.54) is 11.3 Å². The Labute approximate surface area is 216 Å². The van der Waals surface area contributed by atoms with Crippen molar-refractivity contribution < 1.29 is 18.0 Å². The van der Waals surface area contributed by atoms with Crippen molar-refractivity contribution in [3.63, 3.8) is 0 Å². The van der Waals surface area contributed by atoms with Gasteiger partial charge in [0.25, 0.3) is 5.91 Å². The summed E-state index contributed by atoms with van der Waals surface area (Å²) in [4.78, 5) is 14.1. The van der Waals surface area contributed by atoms with E-state index in [9.17, 15) is 23.2 Å². The zero-order valence-corrected chi connectivity index (χ0v) is 21.2. The summed E-state index contributed by atoms with van der Waals surface area (Å²) < 4.78 is 43.6. The van der Waals surface area contributed by atoms with E-state index < -0.39 is 24.2 Å². The average Bonchev–Trinajstić information content (AvgIpc) is 3.35. The normalized spacial score (nSPS) is 19.3. The maximum Gasteiger partial charge on any atom is 0.410 e. The summed E-state index contributed by atoms with van der Waals surface area (Å²) in [7, 11) is 0. The number of fused-ring (bicyclic) bond motifs is 2. The van der Waals surface area contributed by atoms with Crippen molar-refractivity contribution in [2.24, 2.45) is 0 Å². The summed E-state index contributed by atoms with van der Waals surface area (Å²) in [5.74, 6) is -0.820. The molecule has 2 aliphatic rings. The van der Waals surface area contributed by atoms with Crippen molar-refractivity contribution in [3.05, 3.63) is 61.0 Å². The van der Waals surface area contributed by atoms with Gasteiger partial charge in [-0.3, -0.25) is 4.79 Å². The van der Waals surface area contributed by atoms with Crippen molar-refractivity contribution in [3.8, 4) is 6.07 Å². The minimum Gasteiger partial charge on any atom is -0.362 e. The number of alkyl halides is 3. The number of rotatable bonds is 3. The lowest BCUT2D eigenvalue weighted by atomic mass is 9.96. The number of nitrogens with zero attached hydrogens (tertiary/aromatic N) is 3. The van der Waals surface area contributed by atoms with Gasteiger partial charge in [0.2, 0.25) is 0 Å². The van der Waals surface area contributed by atoms with Gasteiger partial charge in [-0.05, 0) is 48.9 Å². The second kappa shape index (κ2) is 9.15. The fourth-order valence-corrected chi connectivity index (χ4v) is 6.35. The van der Waals surface area contributed by atoms with Crippen LogP contribution < -0.4 is 10.6 Å². The fraction of sp³-hybridized carbons (Fsp3) is 0.348. The first-order valence-electron chi connectivity index (χ1n) is 10.9. The maximum atomic E-state index is 14.0. The van der Waals surface area contributed by atoms with Crippen LogP contribution in [0, 0.1) is 11.3 Å². The molecular weight excluding hydrogens is 567 g/mol. The zero-order chi connectivity index (χ0) is 24.9. The lowest BCUT2D eigenvalue weighted by molar-refractivity contribution is -0.173. The molecule has 3 heterocycles. The summed E-state index contributed by atoms with van der Waals surface area (Å²) in [6.45, 7) is 0. The minimum absolute atomic E-state index is 0.0655. The molecule has 6 nitrogen and oxygen atoms in total. The van der Waals surface area contributed by atoms with E-state index in [2.05, 4.69) is 37.7 Å². The molecule has 3 aromatic rings. The van der Waals surface area contributed by atoms with Crippen LogP contribution in [-0.4, -0.2) is 21.9 Å². The fourth-order valence-electron chi connectivity index (χ4n) is 4.58. The van der Waals surface area contributed by atoms with Crippen LogP contribution in [0.4, 0.5) is 24.0 Å². The Morgan fingerprint density at radius 2 is 2.00 bits per heavy atom. The van der Waals surface area contributed by atoms with E-state index in [1.807, 2.05) is 0 Å². The lowest BCUT2D eigenvalue weighted by Gasteiger charge is -2.33. The number of anilines is 2. The van der Waals surface area contributed by atoms with E-state index in [1.54, 1.807) is 24.3 Å². The van der Waals surface area contributed by atoms with Crippen LogP contribution in [0.15, 0.2) is 28.7 Å². The molecule has 35 heavy (non-hydrogen) atoms. The molecule has 12 heteroatoms. The summed E-state index contributed by atoms with van der Waals surface area (Å²) in [6.07, 6.45) is -1.34. The lowest BCUT2D eigenvalue weighted by Crippen LogP contribution is -2.35. The molecule has 2 aromatic heterocycles. The van der Waals surface area contributed by atoms with Crippen LogP contribution in [0.2, 0.25) is 5.02 Å². The molecule has 1 aliphatic carbocycles. The summed E-state index contributed by atoms with van der Waals surface area (Å²) in [5, 5.41) is 19.5. The Morgan fingerprint density at radius 1 is 1.29 bits per heavy atom. The Kier molecular flexibility index (Phi) is 6.32. The molecule has 0 spiro atoms. The number of benzene rings is 1. The molecule has 1 aromatic carbocycles. The SMILES string of the molecule is N#Cc1c(NC(=O)c2nn3c(c2Cl)N[C@H](c2ccc(Br)cc2)C[C@H]3C(F)(F)F)sc2c1CCCC2. The standard InChI is InChI=1S/C23H18BrClF3N5OS/c24-12-7-5-11(6-8-12)15-9-17(23(26,27)28)33-20(30-15)18(25)19(32-33)21(34)31-22-14(10-29)13-3-1-2-4-16(13)35-22/h5-8,15,17,30H,1-4,9H2,(H,31,34)/t15-,17-/m0/s1. The molecule has 1 amide bonds. The van der Waals surface area contributed by atoms with Crippen LogP contribution >= 0.6 is 38.9 Å². The first kappa shape index (κ1) is 24.2. The van der Waals surface area contributed by atoms with Crippen molar-refractivity contribution >= 4 is 55.6 Å². The second-order valence-electron chi connectivity index (χ2n) is 8.48. The number of thiophene rings is 1. The predicted octanol–water partition coefficient (Wildman–Crippen LogP) is 7.02. The van der Waals surface area contributed by atoms with Gasteiger partial charge in [-0.2, -0.15) is 23.5 Å². The van der Waals surface area contributed by atoms with E-state index >= 15 is 0 Å². The summed E-state index contributed by atoms with van der Waals surface area (Å²) in [6, 6.07) is 6.46. The zero-order valence-electron chi connectivity index (χ0n) is 18.0. The van der Waals surface area contributed by atoms with Crippen LogP contribution in [0.25, 0.3) is 0 Å². The Morgan fingerprint density at radius 3 is 2.69 bits per heavy atom. The third-order valence-electron chi connectivity index (χ3n) is 6.29. The van der Waals surface area contributed by atoms with Crippen molar-refractivity contribution in [1.29, 1.82) is 5.26 Å². The topological polar surface area (TPSA) is 82.7 Å². The molecule has 0 fully saturated rings. The van der Waals surface area contributed by atoms with Gasteiger partial charge in [-0.25, -0.2) is 4.68 Å². The number of aryl methyl sites for hydroxylation is 1. The highest BCUT2D eigenvalue weighted by Crippen LogP contribution is 2.46. The molecule has 0 bridgehead atoms. The monoisotopic (exact) mass is 583 g/mol. The highest BCUT2D eigenvalue weighted by atomic mass is 79.9. The van der Waals surface area contributed by atoms with Crippen LogP contribution in [0.1, 0.15) is 63.4 Å². The Hall–Kier alpha value is -2.55. The number of nitrogens with one attached hydrogen (secondary N) is 2. The molecular formula is C23H18BrClF3N5OS. The molecule has 0 saturated carbocycles. The first-order valence-corrected chi connectivity index (χ1v) is 12.9. The number of aromatic nitrogens is 2. The predicted molar refractivity (Wildman–Crippen MR) is 131 cm³/mol. The quantitative estimate of drug-likeness (QED) is 0.347. The van der Waals surface area contributed by atoms with Crippen molar-refractivity contribution in [2.45, 2.75) is 50.4 Å². The van der Waals surface area contributed by atoms with E-state index in [0.29, 0.717) is 16.1 Å². The molecule has 0 saturated heterocycles. The number of hydrogen-bond donors (Lipinski definition) is 2. The molecule has 2 atom stereocenters.